The SMILES string of the molecule is O=C(O)CC(c1ccccc1)n1cnc2ccc(NC(=O)c3cnc4ccccc4n3)cc21. The Morgan fingerprint density at radius 3 is 2.45 bits per heavy atom. The molecule has 5 aromatic rings. The minimum Gasteiger partial charge on any atom is -0.481 e. The summed E-state index contributed by atoms with van der Waals surface area (Å²) in [4.78, 5) is 37.5. The molecule has 0 aliphatic carbocycles. The van der Waals surface area contributed by atoms with E-state index in [9.17, 15) is 14.7 Å². The van der Waals surface area contributed by atoms with Crippen LogP contribution in [0, 0.1) is 0 Å². The summed E-state index contributed by atoms with van der Waals surface area (Å²) in [6.07, 6.45) is 2.98. The van der Waals surface area contributed by atoms with Crippen molar-refractivity contribution in [2.24, 2.45) is 0 Å². The lowest BCUT2D eigenvalue weighted by atomic mass is 10.0. The predicted molar refractivity (Wildman–Crippen MR) is 124 cm³/mol. The zero-order valence-electron chi connectivity index (χ0n) is 17.4. The van der Waals surface area contributed by atoms with E-state index >= 15 is 0 Å². The molecule has 0 aliphatic rings. The van der Waals surface area contributed by atoms with Crippen LogP contribution in [0.2, 0.25) is 0 Å². The smallest absolute Gasteiger partial charge is 0.305 e. The fourth-order valence-electron chi connectivity index (χ4n) is 3.83. The number of rotatable bonds is 6. The Kier molecular flexibility index (Phi) is 5.24. The summed E-state index contributed by atoms with van der Waals surface area (Å²) >= 11 is 0. The van der Waals surface area contributed by atoms with E-state index in [4.69, 9.17) is 0 Å². The Hall–Kier alpha value is -4.59. The van der Waals surface area contributed by atoms with Crippen molar-refractivity contribution in [1.82, 2.24) is 19.5 Å². The number of aromatic nitrogens is 4. The van der Waals surface area contributed by atoms with Gasteiger partial charge in [0, 0.05) is 5.69 Å². The Morgan fingerprint density at radius 2 is 1.67 bits per heavy atom. The van der Waals surface area contributed by atoms with Crippen LogP contribution in [0.3, 0.4) is 0 Å². The molecule has 1 unspecified atom stereocenters. The molecule has 0 aliphatic heterocycles. The van der Waals surface area contributed by atoms with Gasteiger partial charge in [-0.05, 0) is 35.9 Å². The molecule has 0 spiro atoms. The fraction of sp³-hybridized carbons (Fsp3) is 0.0800. The van der Waals surface area contributed by atoms with Crippen LogP contribution in [-0.4, -0.2) is 36.5 Å². The Morgan fingerprint density at radius 1 is 0.909 bits per heavy atom. The topological polar surface area (TPSA) is 110 Å². The number of hydrogen-bond acceptors (Lipinski definition) is 5. The quantitative estimate of drug-likeness (QED) is 0.410. The first-order chi connectivity index (χ1) is 16.1. The first kappa shape index (κ1) is 20.3. The third-order valence-electron chi connectivity index (χ3n) is 5.40. The number of benzene rings is 3. The monoisotopic (exact) mass is 437 g/mol. The number of carbonyl (C=O) groups excluding carboxylic acids is 1. The zero-order chi connectivity index (χ0) is 22.8. The lowest BCUT2D eigenvalue weighted by Crippen LogP contribution is -2.15. The summed E-state index contributed by atoms with van der Waals surface area (Å²) in [5.74, 6) is -1.30. The summed E-state index contributed by atoms with van der Waals surface area (Å²) in [7, 11) is 0. The molecule has 1 amide bonds. The molecule has 162 valence electrons. The molecule has 2 heterocycles. The number of carbonyl (C=O) groups is 2. The maximum atomic E-state index is 12.8. The normalized spacial score (nSPS) is 12.0. The van der Waals surface area contributed by atoms with Crippen LogP contribution in [0.4, 0.5) is 5.69 Å². The number of fused-ring (bicyclic) bond motifs is 2. The summed E-state index contributed by atoms with van der Waals surface area (Å²) in [5, 5.41) is 12.3. The number of nitrogens with zero attached hydrogens (tertiary/aromatic N) is 4. The third kappa shape index (κ3) is 4.14. The van der Waals surface area contributed by atoms with Crippen molar-refractivity contribution >= 4 is 39.6 Å². The van der Waals surface area contributed by atoms with Crippen molar-refractivity contribution in [3.05, 3.63) is 96.6 Å². The van der Waals surface area contributed by atoms with E-state index in [1.54, 1.807) is 30.6 Å². The molecule has 33 heavy (non-hydrogen) atoms. The van der Waals surface area contributed by atoms with E-state index in [1.165, 1.54) is 6.20 Å². The van der Waals surface area contributed by atoms with Crippen LogP contribution in [0.5, 0.6) is 0 Å². The minimum atomic E-state index is -0.912. The summed E-state index contributed by atoms with van der Waals surface area (Å²) in [6.45, 7) is 0. The van der Waals surface area contributed by atoms with Gasteiger partial charge in [0.1, 0.15) is 5.69 Å². The van der Waals surface area contributed by atoms with Gasteiger partial charge in [-0.1, -0.05) is 42.5 Å². The van der Waals surface area contributed by atoms with Crippen molar-refractivity contribution in [3.63, 3.8) is 0 Å². The second-order valence-electron chi connectivity index (χ2n) is 7.58. The first-order valence-corrected chi connectivity index (χ1v) is 10.3. The van der Waals surface area contributed by atoms with Crippen LogP contribution in [0.25, 0.3) is 22.1 Å². The summed E-state index contributed by atoms with van der Waals surface area (Å²) < 4.78 is 1.82. The highest BCUT2D eigenvalue weighted by Gasteiger charge is 2.20. The number of nitrogens with one attached hydrogen (secondary N) is 1. The number of hydrogen-bond donors (Lipinski definition) is 2. The van der Waals surface area contributed by atoms with Gasteiger partial charge in [0.2, 0.25) is 0 Å². The highest BCUT2D eigenvalue weighted by atomic mass is 16.4. The van der Waals surface area contributed by atoms with Gasteiger partial charge in [-0.15, -0.1) is 0 Å². The van der Waals surface area contributed by atoms with E-state index in [1.807, 2.05) is 53.1 Å². The minimum absolute atomic E-state index is 0.0985. The van der Waals surface area contributed by atoms with E-state index in [0.29, 0.717) is 27.8 Å². The lowest BCUT2D eigenvalue weighted by molar-refractivity contribution is -0.137. The molecule has 3 aromatic carbocycles. The number of anilines is 1. The predicted octanol–water partition coefficient (Wildman–Crippen LogP) is 4.30. The molecule has 0 saturated heterocycles. The number of carboxylic acids is 1. The molecular weight excluding hydrogens is 418 g/mol. The third-order valence-corrected chi connectivity index (χ3v) is 5.40. The van der Waals surface area contributed by atoms with Gasteiger partial charge in [0.15, 0.2) is 0 Å². The van der Waals surface area contributed by atoms with Gasteiger partial charge < -0.3 is 15.0 Å². The number of carboxylic acid groups (broad SMARTS) is 1. The van der Waals surface area contributed by atoms with Crippen molar-refractivity contribution in [2.45, 2.75) is 12.5 Å². The standard InChI is InChI=1S/C25H19N5O3/c31-24(32)13-22(16-6-2-1-3-7-16)30-15-27-20-11-10-17(12-23(20)30)28-25(33)21-14-26-18-8-4-5-9-19(18)29-21/h1-12,14-15,22H,13H2,(H,28,33)(H,31,32). The second-order valence-corrected chi connectivity index (χ2v) is 7.58. The number of imidazole rings is 1. The van der Waals surface area contributed by atoms with Crippen LogP contribution in [-0.2, 0) is 4.79 Å². The summed E-state index contributed by atoms with van der Waals surface area (Å²) in [5.41, 5.74) is 4.38. The number of amides is 1. The van der Waals surface area contributed by atoms with Crippen molar-refractivity contribution in [1.29, 1.82) is 0 Å². The number of aliphatic carboxylic acids is 1. The van der Waals surface area contributed by atoms with Gasteiger partial charge >= 0.3 is 5.97 Å². The molecule has 2 aromatic heterocycles. The van der Waals surface area contributed by atoms with Crippen LogP contribution in [0.15, 0.2) is 85.3 Å². The number of para-hydroxylation sites is 2. The molecule has 2 N–H and O–H groups in total. The largest absolute Gasteiger partial charge is 0.481 e. The maximum absolute atomic E-state index is 12.8. The van der Waals surface area contributed by atoms with Gasteiger partial charge in [-0.3, -0.25) is 14.6 Å². The Bertz CT molecular complexity index is 1480. The lowest BCUT2D eigenvalue weighted by Gasteiger charge is -2.18. The van der Waals surface area contributed by atoms with E-state index in [2.05, 4.69) is 20.3 Å². The van der Waals surface area contributed by atoms with Crippen molar-refractivity contribution < 1.29 is 14.7 Å². The highest BCUT2D eigenvalue weighted by molar-refractivity contribution is 6.04. The van der Waals surface area contributed by atoms with Crippen LogP contribution in [0.1, 0.15) is 28.5 Å². The molecule has 0 fully saturated rings. The molecule has 0 saturated carbocycles. The highest BCUT2D eigenvalue weighted by Crippen LogP contribution is 2.28. The van der Waals surface area contributed by atoms with Gasteiger partial charge in [-0.2, -0.15) is 0 Å². The molecule has 0 radical (unpaired) electrons. The summed E-state index contributed by atoms with van der Waals surface area (Å²) in [6, 6.07) is 21.6. The van der Waals surface area contributed by atoms with Gasteiger partial charge in [-0.25, -0.2) is 9.97 Å². The van der Waals surface area contributed by atoms with Crippen LogP contribution >= 0.6 is 0 Å². The second kappa shape index (κ2) is 8.51. The van der Waals surface area contributed by atoms with E-state index in [-0.39, 0.29) is 18.0 Å². The Balaban J connectivity index is 1.48. The molecule has 1 atom stereocenters. The van der Waals surface area contributed by atoms with E-state index < -0.39 is 12.0 Å². The van der Waals surface area contributed by atoms with Crippen LogP contribution < -0.4 is 5.32 Å². The molecular formula is C25H19N5O3. The maximum Gasteiger partial charge on any atom is 0.305 e. The molecule has 8 heteroatoms. The average Bonchev–Trinajstić information content (AvgIpc) is 3.25. The molecule has 5 rings (SSSR count). The average molecular weight is 437 g/mol. The van der Waals surface area contributed by atoms with Gasteiger partial charge in [0.05, 0.1) is 47.1 Å². The zero-order valence-corrected chi connectivity index (χ0v) is 17.4. The Labute approximate surface area is 188 Å². The van der Waals surface area contributed by atoms with Crippen molar-refractivity contribution in [3.8, 4) is 0 Å². The van der Waals surface area contributed by atoms with Gasteiger partial charge in [0.25, 0.3) is 5.91 Å². The first-order valence-electron chi connectivity index (χ1n) is 10.3. The molecule has 8 nitrogen and oxygen atoms in total. The molecule has 0 bridgehead atoms. The fourth-order valence-corrected chi connectivity index (χ4v) is 3.83. The van der Waals surface area contributed by atoms with Crippen molar-refractivity contribution in [2.75, 3.05) is 5.32 Å². The van der Waals surface area contributed by atoms with E-state index in [0.717, 1.165) is 5.56 Å².